The van der Waals surface area contributed by atoms with Gasteiger partial charge < -0.3 is 10.1 Å². The van der Waals surface area contributed by atoms with Gasteiger partial charge in [-0.2, -0.15) is 0 Å². The maximum absolute atomic E-state index is 14.4. The lowest BCUT2D eigenvalue weighted by Gasteiger charge is -2.45. The highest BCUT2D eigenvalue weighted by Gasteiger charge is 2.54. The molecule has 1 fully saturated rings. The Morgan fingerprint density at radius 2 is 1.79 bits per heavy atom. The van der Waals surface area contributed by atoms with E-state index < -0.39 is 11.5 Å². The number of benzene rings is 2. The molecule has 0 unspecified atom stereocenters. The Morgan fingerprint density at radius 3 is 2.50 bits per heavy atom. The molecule has 2 aliphatic rings. The Balaban J connectivity index is 1.49. The summed E-state index contributed by atoms with van der Waals surface area (Å²) in [7, 11) is 0. The van der Waals surface area contributed by atoms with Crippen LogP contribution >= 0.6 is 0 Å². The number of carbonyl (C=O) groups excluding carboxylic acids is 2. The largest absolute Gasteiger partial charge is 0.484 e. The minimum absolute atomic E-state index is 0.137. The summed E-state index contributed by atoms with van der Waals surface area (Å²) < 4.78 is 6.56. The zero-order chi connectivity index (χ0) is 26.3. The topological polar surface area (TPSA) is 123 Å². The van der Waals surface area contributed by atoms with E-state index in [1.165, 1.54) is 0 Å². The second kappa shape index (κ2) is 9.57. The average Bonchev–Trinajstić information content (AvgIpc) is 3.49. The molecule has 2 aromatic heterocycles. The number of Topliss-reactive ketones (excluding diaryl/α,β-unsaturated/α-hetero) is 2. The van der Waals surface area contributed by atoms with Crippen LogP contribution in [0.3, 0.4) is 0 Å². The van der Waals surface area contributed by atoms with Crippen LogP contribution in [0, 0.1) is 5.92 Å². The molecule has 1 atom stereocenters. The van der Waals surface area contributed by atoms with Crippen LogP contribution in [0.5, 0.6) is 5.75 Å². The van der Waals surface area contributed by atoms with Gasteiger partial charge in [-0.15, -0.1) is 5.10 Å². The van der Waals surface area contributed by atoms with Crippen molar-refractivity contribution in [3.63, 3.8) is 0 Å². The van der Waals surface area contributed by atoms with E-state index in [2.05, 4.69) is 30.9 Å². The monoisotopic (exact) mass is 508 g/mol. The van der Waals surface area contributed by atoms with Crippen LogP contribution in [-0.4, -0.2) is 55.9 Å². The molecule has 1 spiro atoms. The van der Waals surface area contributed by atoms with Crippen molar-refractivity contribution in [2.45, 2.75) is 38.2 Å². The molecule has 1 saturated heterocycles. The number of ether oxygens (including phenoxy) is 1. The molecule has 38 heavy (non-hydrogen) atoms. The summed E-state index contributed by atoms with van der Waals surface area (Å²) in [5.74, 6) is -0.425. The second-order valence-electron chi connectivity index (χ2n) is 10.3. The average molecular weight is 509 g/mol. The molecule has 0 amide bonds. The van der Waals surface area contributed by atoms with Gasteiger partial charge in [0.15, 0.2) is 17.4 Å². The fraction of sp³-hybridized carbons (Fsp3) is 0.310. The number of piperidine rings is 1. The number of hydrogen-bond acceptors (Lipinski definition) is 8. The van der Waals surface area contributed by atoms with Crippen molar-refractivity contribution >= 4 is 11.6 Å². The first-order valence-corrected chi connectivity index (χ1v) is 12.9. The van der Waals surface area contributed by atoms with E-state index in [0.29, 0.717) is 54.2 Å². The number of pyridine rings is 1. The number of H-pyrrole nitrogens is 1. The summed E-state index contributed by atoms with van der Waals surface area (Å²) >= 11 is 0. The summed E-state index contributed by atoms with van der Waals surface area (Å²) in [4.78, 5) is 33.1. The highest BCUT2D eigenvalue weighted by atomic mass is 16.5. The number of nitrogens with one attached hydrogen (secondary N) is 2. The molecule has 0 radical (unpaired) electrons. The molecule has 4 aromatic rings. The third-order valence-electron chi connectivity index (χ3n) is 7.50. The van der Waals surface area contributed by atoms with Crippen molar-refractivity contribution in [2.75, 3.05) is 13.1 Å². The number of nitrogens with zero attached hydrogens (tertiary/aromatic N) is 4. The number of hydrogen-bond donors (Lipinski definition) is 2. The van der Waals surface area contributed by atoms with Gasteiger partial charge in [0.1, 0.15) is 17.3 Å². The number of fused-ring (bicyclic) bond motifs is 1. The van der Waals surface area contributed by atoms with Crippen LogP contribution in [0.15, 0.2) is 60.8 Å². The molecule has 192 valence electrons. The summed E-state index contributed by atoms with van der Waals surface area (Å²) in [6.07, 6.45) is 2.72. The molecular weight excluding hydrogens is 480 g/mol. The Bertz CT molecular complexity index is 1490. The van der Waals surface area contributed by atoms with Crippen molar-refractivity contribution in [1.82, 2.24) is 30.9 Å². The SMILES string of the molecule is CC(C)c1cc2c(cn1)OC1(CCNCC1)[C@H](C(=O)c1cc(-c3ccccc3)cc(-c3nnn[nH]3)c1)C2=O. The van der Waals surface area contributed by atoms with E-state index >= 15 is 0 Å². The number of tetrazole rings is 1. The molecule has 0 aliphatic carbocycles. The molecule has 2 aromatic carbocycles. The van der Waals surface area contributed by atoms with Gasteiger partial charge in [-0.1, -0.05) is 44.2 Å². The third-order valence-corrected chi connectivity index (χ3v) is 7.50. The molecule has 9 nitrogen and oxygen atoms in total. The summed E-state index contributed by atoms with van der Waals surface area (Å²) in [6, 6.07) is 17.1. The minimum Gasteiger partial charge on any atom is -0.484 e. The highest BCUT2D eigenvalue weighted by molar-refractivity contribution is 6.19. The summed E-state index contributed by atoms with van der Waals surface area (Å²) in [5, 5.41) is 17.6. The summed E-state index contributed by atoms with van der Waals surface area (Å²) in [6.45, 7) is 5.36. The van der Waals surface area contributed by atoms with Crippen LogP contribution in [0.25, 0.3) is 22.5 Å². The van der Waals surface area contributed by atoms with Crippen LogP contribution < -0.4 is 10.1 Å². The first-order valence-electron chi connectivity index (χ1n) is 12.9. The standard InChI is InChI=1S/C29H28N6O3/c1-17(2)23-15-22-24(16-31-23)38-29(8-10-30-11-9-29)25(27(22)37)26(36)20-12-19(18-6-4-3-5-7-18)13-21(14-20)28-32-34-35-33-28/h3-7,12-17,25,30H,8-11H2,1-2H3,(H,32,33,34,35)/t25-/m1/s1. The van der Waals surface area contributed by atoms with Crippen LogP contribution in [0.2, 0.25) is 0 Å². The van der Waals surface area contributed by atoms with Crippen molar-refractivity contribution in [2.24, 2.45) is 5.92 Å². The predicted molar refractivity (Wildman–Crippen MR) is 141 cm³/mol. The van der Waals surface area contributed by atoms with E-state index in [0.717, 1.165) is 16.8 Å². The lowest BCUT2D eigenvalue weighted by atomic mass is 9.70. The molecule has 2 N–H and O–H groups in total. The molecule has 2 aliphatic heterocycles. The normalized spacial score (nSPS) is 18.3. The van der Waals surface area contributed by atoms with Crippen molar-refractivity contribution in [3.8, 4) is 28.3 Å². The van der Waals surface area contributed by atoms with E-state index in [9.17, 15) is 9.59 Å². The van der Waals surface area contributed by atoms with Gasteiger partial charge in [-0.3, -0.25) is 14.6 Å². The lowest BCUT2D eigenvalue weighted by Crippen LogP contribution is -2.58. The molecule has 0 saturated carbocycles. The smallest absolute Gasteiger partial charge is 0.181 e. The molecule has 4 heterocycles. The van der Waals surface area contributed by atoms with Crippen molar-refractivity contribution in [1.29, 1.82) is 0 Å². The lowest BCUT2D eigenvalue weighted by molar-refractivity contribution is -0.0141. The molecule has 6 rings (SSSR count). The summed E-state index contributed by atoms with van der Waals surface area (Å²) in [5.41, 5.74) is 3.12. The second-order valence-corrected chi connectivity index (χ2v) is 10.3. The number of rotatable bonds is 5. The van der Waals surface area contributed by atoms with Gasteiger partial charge in [0.05, 0.1) is 11.8 Å². The van der Waals surface area contributed by atoms with Crippen molar-refractivity contribution < 1.29 is 14.3 Å². The van der Waals surface area contributed by atoms with E-state index in [1.54, 1.807) is 18.3 Å². The highest BCUT2D eigenvalue weighted by Crippen LogP contribution is 2.44. The number of aromatic nitrogens is 5. The van der Waals surface area contributed by atoms with E-state index in [1.807, 2.05) is 56.3 Å². The van der Waals surface area contributed by atoms with Gasteiger partial charge in [0, 0.05) is 29.7 Å². The fourth-order valence-corrected chi connectivity index (χ4v) is 5.47. The quantitative estimate of drug-likeness (QED) is 0.303. The third kappa shape index (κ3) is 4.18. The van der Waals surface area contributed by atoms with Gasteiger partial charge >= 0.3 is 0 Å². The number of ketones is 2. The van der Waals surface area contributed by atoms with Gasteiger partial charge in [-0.25, -0.2) is 5.10 Å². The van der Waals surface area contributed by atoms with Crippen LogP contribution in [0.4, 0.5) is 0 Å². The Morgan fingerprint density at radius 1 is 1.03 bits per heavy atom. The predicted octanol–water partition coefficient (Wildman–Crippen LogP) is 4.25. The van der Waals surface area contributed by atoms with E-state index in [-0.39, 0.29) is 17.5 Å². The minimum atomic E-state index is -0.980. The van der Waals surface area contributed by atoms with Gasteiger partial charge in [-0.05, 0) is 64.8 Å². The van der Waals surface area contributed by atoms with Gasteiger partial charge in [0.2, 0.25) is 0 Å². The van der Waals surface area contributed by atoms with E-state index in [4.69, 9.17) is 4.74 Å². The Kier molecular flexibility index (Phi) is 6.07. The van der Waals surface area contributed by atoms with Gasteiger partial charge in [0.25, 0.3) is 0 Å². The first-order chi connectivity index (χ1) is 18.4. The molecule has 9 heteroatoms. The first kappa shape index (κ1) is 24.1. The molecule has 0 bridgehead atoms. The Labute approximate surface area is 220 Å². The van der Waals surface area contributed by atoms with Crippen LogP contribution in [0.1, 0.15) is 59.0 Å². The zero-order valence-electron chi connectivity index (χ0n) is 21.3. The van der Waals surface area contributed by atoms with Crippen LogP contribution in [-0.2, 0) is 0 Å². The maximum Gasteiger partial charge on any atom is 0.181 e. The Hall–Kier alpha value is -4.24. The van der Waals surface area contributed by atoms with Crippen molar-refractivity contribution in [3.05, 3.63) is 77.6 Å². The number of carbonyl (C=O) groups is 2. The number of aromatic amines is 1. The zero-order valence-corrected chi connectivity index (χ0v) is 21.3. The maximum atomic E-state index is 14.4. The fourth-order valence-electron chi connectivity index (χ4n) is 5.47. The molecular formula is C29H28N6O3.